The van der Waals surface area contributed by atoms with Crippen molar-refractivity contribution in [3.8, 4) is 11.3 Å². The number of nitrogens with one attached hydrogen (secondary N) is 1. The maximum Gasteiger partial charge on any atom is 0.407 e. The number of aromatic nitrogens is 4. The number of carbonyl (C=O) groups excluding carboxylic acids is 1. The van der Waals surface area contributed by atoms with Crippen molar-refractivity contribution in [2.24, 2.45) is 7.05 Å². The largest absolute Gasteiger partial charge is 0.444 e. The van der Waals surface area contributed by atoms with Crippen LogP contribution in [0.25, 0.3) is 27.9 Å². The third kappa shape index (κ3) is 7.68. The number of halogens is 1. The van der Waals surface area contributed by atoms with Crippen LogP contribution in [0.15, 0.2) is 59.7 Å². The molecule has 2 aliphatic rings. The maximum atomic E-state index is 15.1. The highest BCUT2D eigenvalue weighted by atomic mass is 19.1. The van der Waals surface area contributed by atoms with Gasteiger partial charge in [-0.05, 0) is 82.1 Å². The van der Waals surface area contributed by atoms with E-state index in [0.717, 1.165) is 36.0 Å². The van der Waals surface area contributed by atoms with Gasteiger partial charge in [-0.25, -0.2) is 14.2 Å². The molecule has 1 fully saturated rings. The summed E-state index contributed by atoms with van der Waals surface area (Å²) in [6.45, 7) is 7.51. The molecule has 1 aliphatic heterocycles. The summed E-state index contributed by atoms with van der Waals surface area (Å²) in [5.41, 5.74) is 4.02. The summed E-state index contributed by atoms with van der Waals surface area (Å²) in [7, 11) is 1.77. The molecular weight excluding hydrogens is 611 g/mol. The first-order valence-electron chi connectivity index (χ1n) is 16.8. The molecule has 0 unspecified atom stereocenters. The molecule has 1 saturated heterocycles. The zero-order valence-electron chi connectivity index (χ0n) is 28.3. The van der Waals surface area contributed by atoms with E-state index in [4.69, 9.17) is 4.74 Å². The van der Waals surface area contributed by atoms with E-state index in [1.807, 2.05) is 57.2 Å². The lowest BCUT2D eigenvalue weighted by molar-refractivity contribution is -0.0366. The lowest BCUT2D eigenvalue weighted by atomic mass is 9.90. The second-order valence-corrected chi connectivity index (χ2v) is 14.2. The van der Waals surface area contributed by atoms with Crippen LogP contribution in [0.5, 0.6) is 0 Å². The standard InChI is InChI=1S/C37H45FN6O4/c1-36(2,3)48-35(46)39-21-25-10-12-27(13-11-25)33-31-32(41-42(33)4)34(45)44(24-40-31)23-37(47)16-18-43(19-17-37)22-29-15-14-28(20-30(29)38)26-8-6-5-7-9-26/h8,10-15,20,24,47H,5-7,9,16-19,21-23H2,1-4H3,(H,39,46). The van der Waals surface area contributed by atoms with Crippen molar-refractivity contribution in [1.29, 1.82) is 0 Å². The SMILES string of the molecule is Cn1nc2c(=O)n(CC3(O)CCN(Cc4ccc(C5=CCCCC5)cc4F)CC3)cnc2c1-c1ccc(CNC(=O)OC(C)(C)C)cc1. The number of rotatable bonds is 8. The molecule has 0 atom stereocenters. The van der Waals surface area contributed by atoms with E-state index >= 15 is 4.39 Å². The van der Waals surface area contributed by atoms with Crippen molar-refractivity contribution in [2.75, 3.05) is 13.1 Å². The van der Waals surface area contributed by atoms with Crippen molar-refractivity contribution in [1.82, 2.24) is 29.5 Å². The van der Waals surface area contributed by atoms with Gasteiger partial charge in [0, 0.05) is 44.4 Å². The Hall–Kier alpha value is -4.35. The molecule has 2 aromatic heterocycles. The van der Waals surface area contributed by atoms with Crippen LogP contribution in [-0.2, 0) is 31.4 Å². The van der Waals surface area contributed by atoms with Crippen molar-refractivity contribution in [3.05, 3.63) is 87.7 Å². The van der Waals surface area contributed by atoms with E-state index in [1.54, 1.807) is 17.8 Å². The van der Waals surface area contributed by atoms with E-state index in [1.165, 1.54) is 22.9 Å². The van der Waals surface area contributed by atoms with E-state index in [-0.39, 0.29) is 23.4 Å². The number of piperidine rings is 1. The quantitative estimate of drug-likeness (QED) is 0.241. The van der Waals surface area contributed by atoms with Crippen LogP contribution in [0.1, 0.15) is 76.0 Å². The van der Waals surface area contributed by atoms with Crippen LogP contribution in [0, 0.1) is 5.82 Å². The summed E-state index contributed by atoms with van der Waals surface area (Å²) < 4.78 is 23.4. The van der Waals surface area contributed by atoms with E-state index in [0.29, 0.717) is 55.8 Å². The molecule has 2 aromatic carbocycles. The first kappa shape index (κ1) is 33.5. The van der Waals surface area contributed by atoms with Gasteiger partial charge in [-0.2, -0.15) is 5.10 Å². The summed E-state index contributed by atoms with van der Waals surface area (Å²) in [4.78, 5) is 32.3. The van der Waals surface area contributed by atoms with Crippen molar-refractivity contribution >= 4 is 22.7 Å². The maximum absolute atomic E-state index is 15.1. The second-order valence-electron chi connectivity index (χ2n) is 14.2. The number of carbonyl (C=O) groups is 1. The minimum absolute atomic E-state index is 0.103. The number of ether oxygens (including phenoxy) is 1. The van der Waals surface area contributed by atoms with Gasteiger partial charge in [0.15, 0.2) is 5.52 Å². The smallest absolute Gasteiger partial charge is 0.407 e. The third-order valence-electron chi connectivity index (χ3n) is 9.24. The summed E-state index contributed by atoms with van der Waals surface area (Å²) in [5, 5.41) is 18.7. The summed E-state index contributed by atoms with van der Waals surface area (Å²) >= 11 is 0. The molecule has 1 amide bonds. The van der Waals surface area contributed by atoms with Crippen LogP contribution in [0.2, 0.25) is 0 Å². The zero-order chi connectivity index (χ0) is 34.1. The normalized spacial score (nSPS) is 16.9. The minimum atomic E-state index is -1.09. The Morgan fingerprint density at radius 3 is 2.46 bits per heavy atom. The van der Waals surface area contributed by atoms with Gasteiger partial charge in [-0.1, -0.05) is 42.5 Å². The highest BCUT2D eigenvalue weighted by Crippen LogP contribution is 2.30. The number of likely N-dealkylation sites (tertiary alicyclic amines) is 1. The van der Waals surface area contributed by atoms with Crippen LogP contribution >= 0.6 is 0 Å². The molecule has 11 heteroatoms. The van der Waals surface area contributed by atoms with Gasteiger partial charge < -0.3 is 15.2 Å². The molecule has 0 spiro atoms. The van der Waals surface area contributed by atoms with Gasteiger partial charge >= 0.3 is 6.09 Å². The molecule has 3 heterocycles. The summed E-state index contributed by atoms with van der Waals surface area (Å²) in [6, 6.07) is 13.2. The number of benzene rings is 2. The lowest BCUT2D eigenvalue weighted by Crippen LogP contribution is -2.47. The number of aliphatic hydroxyl groups is 1. The Morgan fingerprint density at radius 2 is 1.79 bits per heavy atom. The van der Waals surface area contributed by atoms with Gasteiger partial charge in [0.1, 0.15) is 16.9 Å². The monoisotopic (exact) mass is 656 g/mol. The molecule has 254 valence electrons. The first-order chi connectivity index (χ1) is 22.9. The number of nitrogens with zero attached hydrogens (tertiary/aromatic N) is 5. The average Bonchev–Trinajstić information content (AvgIpc) is 3.40. The first-order valence-corrected chi connectivity index (χ1v) is 16.8. The molecule has 0 saturated carbocycles. The number of allylic oxidation sites excluding steroid dienone is 2. The molecule has 0 radical (unpaired) electrons. The van der Waals surface area contributed by atoms with Gasteiger partial charge in [0.2, 0.25) is 0 Å². The molecular formula is C37H45FN6O4. The number of aryl methyl sites for hydroxylation is 1. The van der Waals surface area contributed by atoms with Gasteiger partial charge in [0.05, 0.1) is 24.2 Å². The van der Waals surface area contributed by atoms with Crippen molar-refractivity contribution in [2.45, 2.75) is 90.1 Å². The van der Waals surface area contributed by atoms with Crippen LogP contribution < -0.4 is 10.9 Å². The topological polar surface area (TPSA) is 115 Å². The molecule has 6 rings (SSSR count). The lowest BCUT2D eigenvalue weighted by Gasteiger charge is -2.38. The minimum Gasteiger partial charge on any atom is -0.444 e. The van der Waals surface area contributed by atoms with Crippen LogP contribution in [0.3, 0.4) is 0 Å². The third-order valence-corrected chi connectivity index (χ3v) is 9.24. The molecule has 10 nitrogen and oxygen atoms in total. The average molecular weight is 657 g/mol. The molecule has 2 N–H and O–H groups in total. The fourth-order valence-electron chi connectivity index (χ4n) is 6.62. The molecule has 0 bridgehead atoms. The number of hydrogen-bond acceptors (Lipinski definition) is 7. The second kappa shape index (κ2) is 13.6. The number of amides is 1. The summed E-state index contributed by atoms with van der Waals surface area (Å²) in [6.07, 6.45) is 8.54. The fourth-order valence-corrected chi connectivity index (χ4v) is 6.62. The highest BCUT2D eigenvalue weighted by Gasteiger charge is 2.34. The number of fused-ring (bicyclic) bond motifs is 1. The van der Waals surface area contributed by atoms with Crippen molar-refractivity contribution in [3.63, 3.8) is 0 Å². The van der Waals surface area contributed by atoms with Crippen molar-refractivity contribution < 1.29 is 19.0 Å². The van der Waals surface area contributed by atoms with Gasteiger partial charge in [-0.15, -0.1) is 0 Å². The molecule has 4 aromatic rings. The summed E-state index contributed by atoms with van der Waals surface area (Å²) in [5.74, 6) is -0.188. The Kier molecular flexibility index (Phi) is 9.53. The Labute approximate surface area is 280 Å². The predicted octanol–water partition coefficient (Wildman–Crippen LogP) is 5.95. The predicted molar refractivity (Wildman–Crippen MR) is 184 cm³/mol. The molecule has 48 heavy (non-hydrogen) atoms. The highest BCUT2D eigenvalue weighted by molar-refractivity contribution is 5.89. The van der Waals surface area contributed by atoms with E-state index < -0.39 is 17.3 Å². The van der Waals surface area contributed by atoms with Crippen LogP contribution in [0.4, 0.5) is 9.18 Å². The van der Waals surface area contributed by atoms with Crippen LogP contribution in [-0.4, -0.2) is 59.7 Å². The van der Waals surface area contributed by atoms with E-state index in [2.05, 4.69) is 26.4 Å². The number of hydrogen-bond donors (Lipinski definition) is 2. The Morgan fingerprint density at radius 1 is 1.06 bits per heavy atom. The fraction of sp³-hybridized carbons (Fsp3) is 0.459. The number of alkyl carbamates (subject to hydrolysis) is 1. The van der Waals surface area contributed by atoms with Gasteiger partial charge in [-0.3, -0.25) is 18.9 Å². The Balaban J connectivity index is 1.09. The molecule has 1 aliphatic carbocycles. The zero-order valence-corrected chi connectivity index (χ0v) is 28.3. The van der Waals surface area contributed by atoms with E-state index in [9.17, 15) is 14.7 Å². The van der Waals surface area contributed by atoms with Gasteiger partial charge in [0.25, 0.3) is 5.56 Å². The Bertz CT molecular complexity index is 1880.